The van der Waals surface area contributed by atoms with Crippen molar-refractivity contribution in [2.75, 3.05) is 59.6 Å². The summed E-state index contributed by atoms with van der Waals surface area (Å²) in [7, 11) is 1.76. The molecule has 0 bridgehead atoms. The second-order valence-corrected chi connectivity index (χ2v) is 6.51. The number of hydrogen-bond donors (Lipinski definition) is 2. The van der Waals surface area contributed by atoms with Crippen LogP contribution in [0.1, 0.15) is 5.56 Å². The minimum Gasteiger partial charge on any atom is -0.379 e. The summed E-state index contributed by atoms with van der Waals surface area (Å²) in [5, 5.41) is 7.79. The van der Waals surface area contributed by atoms with E-state index in [1.54, 1.807) is 13.1 Å². The molecule has 1 aromatic rings. The molecule has 26 heavy (non-hydrogen) atoms. The van der Waals surface area contributed by atoms with Crippen molar-refractivity contribution in [3.8, 4) is 0 Å². The van der Waals surface area contributed by atoms with Crippen molar-refractivity contribution in [3.63, 3.8) is 0 Å². The SMILES string of the molecule is CN=C(NCCOCc1ccc(Cl)cc1Cl)NCCN1CCOCC1.I. The Labute approximate surface area is 182 Å². The number of hydrogen-bond acceptors (Lipinski definition) is 4. The van der Waals surface area contributed by atoms with E-state index in [9.17, 15) is 0 Å². The first-order valence-electron chi connectivity index (χ1n) is 8.45. The number of halogens is 3. The van der Waals surface area contributed by atoms with Gasteiger partial charge < -0.3 is 20.1 Å². The second kappa shape index (κ2) is 13.8. The summed E-state index contributed by atoms with van der Waals surface area (Å²) >= 11 is 12.0. The molecule has 0 atom stereocenters. The largest absolute Gasteiger partial charge is 0.379 e. The van der Waals surface area contributed by atoms with Gasteiger partial charge in [0.25, 0.3) is 0 Å². The number of aliphatic imine (C=N–C) groups is 1. The third kappa shape index (κ3) is 9.05. The van der Waals surface area contributed by atoms with Gasteiger partial charge in [-0.2, -0.15) is 0 Å². The molecule has 1 aromatic carbocycles. The van der Waals surface area contributed by atoms with E-state index < -0.39 is 0 Å². The quantitative estimate of drug-likeness (QED) is 0.241. The second-order valence-electron chi connectivity index (χ2n) is 5.67. The molecule has 0 amide bonds. The molecular weight excluding hydrogens is 490 g/mol. The van der Waals surface area contributed by atoms with Gasteiger partial charge in [0.15, 0.2) is 5.96 Å². The van der Waals surface area contributed by atoms with Crippen molar-refractivity contribution in [2.45, 2.75) is 6.61 Å². The van der Waals surface area contributed by atoms with Crippen molar-refractivity contribution in [1.82, 2.24) is 15.5 Å². The van der Waals surface area contributed by atoms with Crippen LogP contribution in [-0.4, -0.2) is 70.5 Å². The number of nitrogens with one attached hydrogen (secondary N) is 2. The lowest BCUT2D eigenvalue weighted by atomic mass is 10.2. The molecule has 0 spiro atoms. The number of benzene rings is 1. The number of ether oxygens (including phenoxy) is 2. The number of guanidine groups is 1. The van der Waals surface area contributed by atoms with Gasteiger partial charge in [-0.3, -0.25) is 9.89 Å². The van der Waals surface area contributed by atoms with Crippen LogP contribution in [0.2, 0.25) is 10.0 Å². The molecule has 1 saturated heterocycles. The summed E-state index contributed by atoms with van der Waals surface area (Å²) in [4.78, 5) is 6.59. The Bertz CT molecular complexity index is 558. The molecule has 6 nitrogen and oxygen atoms in total. The van der Waals surface area contributed by atoms with Crippen LogP contribution < -0.4 is 10.6 Å². The zero-order valence-corrected chi connectivity index (χ0v) is 18.8. The van der Waals surface area contributed by atoms with Gasteiger partial charge in [-0.1, -0.05) is 29.3 Å². The van der Waals surface area contributed by atoms with E-state index in [1.807, 2.05) is 12.1 Å². The molecule has 1 fully saturated rings. The summed E-state index contributed by atoms with van der Waals surface area (Å²) in [6.07, 6.45) is 0. The Morgan fingerprint density at radius 3 is 2.65 bits per heavy atom. The highest BCUT2D eigenvalue weighted by atomic mass is 127. The molecule has 9 heteroatoms. The molecule has 1 heterocycles. The molecule has 0 saturated carbocycles. The summed E-state index contributed by atoms with van der Waals surface area (Å²) in [6.45, 7) is 7.15. The van der Waals surface area contributed by atoms with E-state index >= 15 is 0 Å². The van der Waals surface area contributed by atoms with Gasteiger partial charge in [-0.05, 0) is 17.7 Å². The van der Waals surface area contributed by atoms with Gasteiger partial charge in [0, 0.05) is 49.8 Å². The average Bonchev–Trinajstić information content (AvgIpc) is 2.62. The maximum absolute atomic E-state index is 6.12. The lowest BCUT2D eigenvalue weighted by molar-refractivity contribution is 0.0389. The Morgan fingerprint density at radius 1 is 1.23 bits per heavy atom. The molecule has 1 aliphatic heterocycles. The van der Waals surface area contributed by atoms with Crippen molar-refractivity contribution < 1.29 is 9.47 Å². The van der Waals surface area contributed by atoms with Crippen LogP contribution >= 0.6 is 47.2 Å². The molecule has 0 radical (unpaired) electrons. The standard InChI is InChI=1S/C17H26Cl2N4O2.HI/c1-20-17(21-4-6-23-7-10-24-11-8-23)22-5-9-25-13-14-2-3-15(18)12-16(14)19;/h2-3,12H,4-11,13H2,1H3,(H2,20,21,22);1H. The maximum atomic E-state index is 6.12. The van der Waals surface area contributed by atoms with Gasteiger partial charge in [0.2, 0.25) is 0 Å². The first-order chi connectivity index (χ1) is 12.2. The van der Waals surface area contributed by atoms with E-state index in [2.05, 4.69) is 20.5 Å². The molecule has 148 valence electrons. The van der Waals surface area contributed by atoms with Crippen LogP contribution in [0.4, 0.5) is 0 Å². The Kier molecular flexibility index (Phi) is 12.6. The predicted molar refractivity (Wildman–Crippen MR) is 118 cm³/mol. The first-order valence-corrected chi connectivity index (χ1v) is 9.21. The van der Waals surface area contributed by atoms with Crippen LogP contribution in [0.25, 0.3) is 0 Å². The van der Waals surface area contributed by atoms with E-state index in [0.717, 1.165) is 50.9 Å². The first kappa shape index (κ1) is 23.7. The zero-order valence-electron chi connectivity index (χ0n) is 15.0. The van der Waals surface area contributed by atoms with Gasteiger partial charge >= 0.3 is 0 Å². The van der Waals surface area contributed by atoms with Crippen LogP contribution in [0.3, 0.4) is 0 Å². The summed E-state index contributed by atoms with van der Waals surface area (Å²) in [5.74, 6) is 0.779. The van der Waals surface area contributed by atoms with Gasteiger partial charge in [-0.15, -0.1) is 24.0 Å². The van der Waals surface area contributed by atoms with E-state index in [4.69, 9.17) is 32.7 Å². The predicted octanol–water partition coefficient (Wildman–Crippen LogP) is 2.63. The molecule has 0 unspecified atom stereocenters. The smallest absolute Gasteiger partial charge is 0.191 e. The van der Waals surface area contributed by atoms with Crippen LogP contribution in [0.15, 0.2) is 23.2 Å². The molecule has 2 rings (SSSR count). The molecular formula is C17H27Cl2IN4O2. The number of morpholine rings is 1. The molecule has 1 aliphatic rings. The summed E-state index contributed by atoms with van der Waals surface area (Å²) in [6, 6.07) is 5.41. The fourth-order valence-corrected chi connectivity index (χ4v) is 2.90. The normalized spacial score (nSPS) is 15.4. The van der Waals surface area contributed by atoms with Crippen LogP contribution in [0.5, 0.6) is 0 Å². The monoisotopic (exact) mass is 516 g/mol. The Hall–Kier alpha value is -0.320. The summed E-state index contributed by atoms with van der Waals surface area (Å²) < 4.78 is 11.0. The van der Waals surface area contributed by atoms with Crippen LogP contribution in [0, 0.1) is 0 Å². The van der Waals surface area contributed by atoms with Gasteiger partial charge in [-0.25, -0.2) is 0 Å². The lowest BCUT2D eigenvalue weighted by Crippen LogP contribution is -2.45. The Balaban J connectivity index is 0.00000338. The summed E-state index contributed by atoms with van der Waals surface area (Å²) in [5.41, 5.74) is 0.930. The van der Waals surface area contributed by atoms with Gasteiger partial charge in [0.05, 0.1) is 26.4 Å². The highest BCUT2D eigenvalue weighted by Crippen LogP contribution is 2.21. The average molecular weight is 517 g/mol. The van der Waals surface area contributed by atoms with E-state index in [0.29, 0.717) is 29.8 Å². The number of rotatable bonds is 8. The van der Waals surface area contributed by atoms with E-state index in [1.165, 1.54) is 0 Å². The third-order valence-electron chi connectivity index (χ3n) is 3.86. The third-order valence-corrected chi connectivity index (χ3v) is 4.45. The highest BCUT2D eigenvalue weighted by molar-refractivity contribution is 14.0. The van der Waals surface area contributed by atoms with Crippen molar-refractivity contribution in [1.29, 1.82) is 0 Å². The van der Waals surface area contributed by atoms with Crippen LogP contribution in [-0.2, 0) is 16.1 Å². The topological polar surface area (TPSA) is 58.1 Å². The highest BCUT2D eigenvalue weighted by Gasteiger charge is 2.09. The zero-order chi connectivity index (χ0) is 17.9. The maximum Gasteiger partial charge on any atom is 0.191 e. The van der Waals surface area contributed by atoms with Gasteiger partial charge in [0.1, 0.15) is 0 Å². The molecule has 2 N–H and O–H groups in total. The van der Waals surface area contributed by atoms with Crippen molar-refractivity contribution >= 4 is 53.1 Å². The molecule has 0 aromatic heterocycles. The number of nitrogens with zero attached hydrogens (tertiary/aromatic N) is 2. The molecule has 0 aliphatic carbocycles. The fourth-order valence-electron chi connectivity index (χ4n) is 2.44. The minimum absolute atomic E-state index is 0. The van der Waals surface area contributed by atoms with E-state index in [-0.39, 0.29) is 24.0 Å². The van der Waals surface area contributed by atoms with Crippen molar-refractivity contribution in [2.24, 2.45) is 4.99 Å². The minimum atomic E-state index is 0. The Morgan fingerprint density at radius 2 is 1.96 bits per heavy atom. The fraction of sp³-hybridized carbons (Fsp3) is 0.588. The lowest BCUT2D eigenvalue weighted by Gasteiger charge is -2.26. The van der Waals surface area contributed by atoms with Crippen molar-refractivity contribution in [3.05, 3.63) is 33.8 Å².